The number of hydrogen-bond donors (Lipinski definition) is 0. The lowest BCUT2D eigenvalue weighted by molar-refractivity contribution is -0.180. The van der Waals surface area contributed by atoms with E-state index in [9.17, 15) is 4.79 Å². The second-order valence-corrected chi connectivity index (χ2v) is 6.49. The molecule has 0 N–H and O–H groups in total. The zero-order valence-electron chi connectivity index (χ0n) is 14.5. The number of rotatable bonds is 4. The van der Waals surface area contributed by atoms with Crippen molar-refractivity contribution < 1.29 is 23.7 Å². The minimum Gasteiger partial charge on any atom is -0.493 e. The van der Waals surface area contributed by atoms with Gasteiger partial charge in [-0.15, -0.1) is 0 Å². The first-order valence-electron chi connectivity index (χ1n) is 8.20. The van der Waals surface area contributed by atoms with Crippen molar-refractivity contribution in [1.29, 1.82) is 0 Å². The zero-order chi connectivity index (χ0) is 18.3. The number of carbonyl (C=O) groups is 1. The van der Waals surface area contributed by atoms with Crippen LogP contribution in [0, 0.1) is 0 Å². The van der Waals surface area contributed by atoms with Crippen molar-refractivity contribution in [2.45, 2.75) is 12.3 Å². The Morgan fingerprint density at radius 3 is 2.50 bits per heavy atom. The maximum absolute atomic E-state index is 13.2. The zero-order valence-corrected chi connectivity index (χ0v) is 15.2. The fourth-order valence-electron chi connectivity index (χ4n) is 3.42. The van der Waals surface area contributed by atoms with E-state index in [1.54, 1.807) is 31.3 Å². The molecule has 0 bridgehead atoms. The highest BCUT2D eigenvalue weighted by atomic mass is 35.5. The van der Waals surface area contributed by atoms with E-state index < -0.39 is 5.79 Å². The number of benzene rings is 2. The van der Waals surface area contributed by atoms with Gasteiger partial charge in [0.1, 0.15) is 0 Å². The summed E-state index contributed by atoms with van der Waals surface area (Å²) in [7, 11) is 3.16. The molecule has 1 amide bonds. The van der Waals surface area contributed by atoms with Crippen LogP contribution in [0.25, 0.3) is 0 Å². The van der Waals surface area contributed by atoms with E-state index in [-0.39, 0.29) is 5.91 Å². The van der Waals surface area contributed by atoms with Gasteiger partial charge in [-0.2, -0.15) is 0 Å². The molecule has 2 aromatic rings. The SMILES string of the molecule is COc1ccc(CN2C(=O)C3(OCCO3)c3cc(Cl)ccc32)cc1OC. The number of anilines is 1. The molecule has 2 heterocycles. The molecule has 0 radical (unpaired) electrons. The van der Waals surface area contributed by atoms with Gasteiger partial charge in [-0.25, -0.2) is 0 Å². The molecule has 1 spiro atoms. The van der Waals surface area contributed by atoms with E-state index in [0.717, 1.165) is 11.3 Å². The first-order chi connectivity index (χ1) is 12.6. The van der Waals surface area contributed by atoms with Gasteiger partial charge < -0.3 is 23.8 Å². The highest BCUT2D eigenvalue weighted by molar-refractivity contribution is 6.31. The van der Waals surface area contributed by atoms with Gasteiger partial charge in [0.15, 0.2) is 11.5 Å². The van der Waals surface area contributed by atoms with Crippen LogP contribution in [0.1, 0.15) is 11.1 Å². The number of hydrogen-bond acceptors (Lipinski definition) is 5. The van der Waals surface area contributed by atoms with Gasteiger partial charge >= 0.3 is 0 Å². The van der Waals surface area contributed by atoms with Crippen LogP contribution in [0.2, 0.25) is 5.02 Å². The number of methoxy groups -OCH3 is 2. The summed E-state index contributed by atoms with van der Waals surface area (Å²) in [5.41, 5.74) is 2.27. The van der Waals surface area contributed by atoms with Gasteiger partial charge in [-0.3, -0.25) is 4.79 Å². The summed E-state index contributed by atoms with van der Waals surface area (Å²) in [4.78, 5) is 14.8. The quantitative estimate of drug-likeness (QED) is 0.821. The molecule has 7 heteroatoms. The standard InChI is InChI=1S/C19H18ClNO5/c1-23-16-6-3-12(9-17(16)24-2)11-21-15-5-4-13(20)10-14(15)19(18(21)22)25-7-8-26-19/h3-6,9-10H,7-8,11H2,1-2H3. The summed E-state index contributed by atoms with van der Waals surface area (Å²) >= 11 is 6.14. The van der Waals surface area contributed by atoms with Crippen molar-refractivity contribution in [3.05, 3.63) is 52.5 Å². The third-order valence-electron chi connectivity index (χ3n) is 4.61. The van der Waals surface area contributed by atoms with Crippen LogP contribution < -0.4 is 14.4 Å². The molecular weight excluding hydrogens is 358 g/mol. The molecule has 1 fully saturated rings. The van der Waals surface area contributed by atoms with Crippen molar-refractivity contribution in [1.82, 2.24) is 0 Å². The maximum atomic E-state index is 13.2. The van der Waals surface area contributed by atoms with E-state index in [1.807, 2.05) is 24.3 Å². The summed E-state index contributed by atoms with van der Waals surface area (Å²) in [6.45, 7) is 1.08. The lowest BCUT2D eigenvalue weighted by atomic mass is 10.1. The largest absolute Gasteiger partial charge is 0.493 e. The van der Waals surface area contributed by atoms with Crippen molar-refractivity contribution in [2.75, 3.05) is 32.3 Å². The molecular formula is C19H18ClNO5. The fraction of sp³-hybridized carbons (Fsp3) is 0.316. The molecule has 0 aliphatic carbocycles. The molecule has 0 saturated carbocycles. The van der Waals surface area contributed by atoms with E-state index in [2.05, 4.69) is 0 Å². The molecule has 1 saturated heterocycles. The van der Waals surface area contributed by atoms with Crippen LogP contribution in [0.3, 0.4) is 0 Å². The normalized spacial score (nSPS) is 17.7. The van der Waals surface area contributed by atoms with Crippen LogP contribution in [-0.4, -0.2) is 33.3 Å². The van der Waals surface area contributed by atoms with Crippen LogP contribution >= 0.6 is 11.6 Å². The van der Waals surface area contributed by atoms with E-state index in [1.165, 1.54) is 0 Å². The number of fused-ring (bicyclic) bond motifs is 2. The Labute approximate surface area is 156 Å². The summed E-state index contributed by atoms with van der Waals surface area (Å²) in [6.07, 6.45) is 0. The maximum Gasteiger partial charge on any atom is 0.292 e. The average molecular weight is 376 g/mol. The molecule has 2 aliphatic heterocycles. The molecule has 26 heavy (non-hydrogen) atoms. The monoisotopic (exact) mass is 375 g/mol. The Morgan fingerprint density at radius 2 is 1.81 bits per heavy atom. The van der Waals surface area contributed by atoms with Crippen molar-refractivity contribution in [3.63, 3.8) is 0 Å². The minimum atomic E-state index is -1.39. The van der Waals surface area contributed by atoms with Gasteiger partial charge in [-0.1, -0.05) is 17.7 Å². The lowest BCUT2D eigenvalue weighted by Gasteiger charge is -2.22. The Hall–Kier alpha value is -2.28. The van der Waals surface area contributed by atoms with E-state index in [0.29, 0.717) is 41.8 Å². The van der Waals surface area contributed by atoms with Gasteiger partial charge in [0.2, 0.25) is 0 Å². The topological polar surface area (TPSA) is 57.2 Å². The van der Waals surface area contributed by atoms with Crippen molar-refractivity contribution in [3.8, 4) is 11.5 Å². The Balaban J connectivity index is 1.73. The van der Waals surface area contributed by atoms with Crippen LogP contribution in [0.5, 0.6) is 11.5 Å². The van der Waals surface area contributed by atoms with E-state index in [4.69, 9.17) is 30.5 Å². The number of amides is 1. The summed E-state index contributed by atoms with van der Waals surface area (Å²) in [5, 5.41) is 0.531. The van der Waals surface area contributed by atoms with Crippen molar-refractivity contribution >= 4 is 23.2 Å². The number of carbonyl (C=O) groups excluding carboxylic acids is 1. The highest BCUT2D eigenvalue weighted by Gasteiger charge is 2.56. The molecule has 0 aromatic heterocycles. The first-order valence-corrected chi connectivity index (χ1v) is 8.57. The molecule has 0 unspecified atom stereocenters. The third-order valence-corrected chi connectivity index (χ3v) is 4.85. The van der Waals surface area contributed by atoms with Crippen LogP contribution in [0.4, 0.5) is 5.69 Å². The molecule has 136 valence electrons. The van der Waals surface area contributed by atoms with Gasteiger partial charge in [0.25, 0.3) is 11.7 Å². The number of halogens is 1. The van der Waals surface area contributed by atoms with Gasteiger partial charge in [-0.05, 0) is 35.9 Å². The number of ether oxygens (including phenoxy) is 4. The fourth-order valence-corrected chi connectivity index (χ4v) is 3.59. The third kappa shape index (κ3) is 2.53. The summed E-state index contributed by atoms with van der Waals surface area (Å²) in [5.74, 6) is -0.398. The van der Waals surface area contributed by atoms with Crippen LogP contribution in [-0.2, 0) is 26.6 Å². The molecule has 6 nitrogen and oxygen atoms in total. The van der Waals surface area contributed by atoms with Gasteiger partial charge in [0, 0.05) is 10.6 Å². The molecule has 0 atom stereocenters. The Bertz CT molecular complexity index is 863. The molecule has 2 aromatic carbocycles. The molecule has 2 aliphatic rings. The van der Waals surface area contributed by atoms with E-state index >= 15 is 0 Å². The molecule has 4 rings (SSSR count). The lowest BCUT2D eigenvalue weighted by Crippen LogP contribution is -2.40. The minimum absolute atomic E-state index is 0.248. The highest BCUT2D eigenvalue weighted by Crippen LogP contribution is 2.47. The Morgan fingerprint density at radius 1 is 1.08 bits per heavy atom. The second-order valence-electron chi connectivity index (χ2n) is 6.06. The summed E-state index contributed by atoms with van der Waals surface area (Å²) in [6, 6.07) is 10.9. The first kappa shape index (κ1) is 17.1. The average Bonchev–Trinajstić information content (AvgIpc) is 3.23. The van der Waals surface area contributed by atoms with Crippen molar-refractivity contribution in [2.24, 2.45) is 0 Å². The predicted molar refractivity (Wildman–Crippen MR) is 95.8 cm³/mol. The Kier molecular flexibility index (Phi) is 4.26. The predicted octanol–water partition coefficient (Wildman–Crippen LogP) is 3.10. The second kappa shape index (κ2) is 6.46. The smallest absolute Gasteiger partial charge is 0.292 e. The number of nitrogens with zero attached hydrogens (tertiary/aromatic N) is 1. The van der Waals surface area contributed by atoms with Gasteiger partial charge in [0.05, 0.1) is 39.7 Å². The summed E-state index contributed by atoms with van der Waals surface area (Å²) < 4.78 is 22.1. The van der Waals surface area contributed by atoms with Crippen LogP contribution in [0.15, 0.2) is 36.4 Å².